The van der Waals surface area contributed by atoms with Crippen molar-refractivity contribution in [1.82, 2.24) is 14.8 Å². The van der Waals surface area contributed by atoms with Crippen LogP contribution in [0.5, 0.6) is 5.88 Å². The first-order valence-corrected chi connectivity index (χ1v) is 9.66. The normalized spacial score (nSPS) is 17.6. The molecule has 0 N–H and O–H groups in total. The Kier molecular flexibility index (Phi) is 7.92. The summed E-state index contributed by atoms with van der Waals surface area (Å²) in [5.41, 5.74) is 0.936. The Bertz CT molecular complexity index is 515. The molecule has 0 fully saturated rings. The Hall–Kier alpha value is -1.20. The highest BCUT2D eigenvalue weighted by molar-refractivity contribution is 7.80. The summed E-state index contributed by atoms with van der Waals surface area (Å²) in [7, 11) is 2.05. The molecule has 0 saturated heterocycles. The average Bonchev–Trinajstić information content (AvgIpc) is 2.71. The average molecular weight is 350 g/mol. The molecule has 0 radical (unpaired) electrons. The van der Waals surface area contributed by atoms with E-state index in [1.165, 1.54) is 38.8 Å². The smallest absolute Gasteiger partial charge is 0.224 e. The summed E-state index contributed by atoms with van der Waals surface area (Å²) in [5.74, 6) is 0.686. The van der Waals surface area contributed by atoms with Crippen molar-refractivity contribution in [1.29, 1.82) is 0 Å². The van der Waals surface area contributed by atoms with Gasteiger partial charge < -0.3 is 14.5 Å². The fraction of sp³-hybridized carbons (Fsp3) is 0.684. The molecular weight excluding hydrogens is 318 g/mol. The van der Waals surface area contributed by atoms with Crippen LogP contribution in [-0.4, -0.2) is 59.1 Å². The van der Waals surface area contributed by atoms with E-state index in [4.69, 9.17) is 17.0 Å². The molecule has 1 aromatic heterocycles. The number of fused-ring (bicyclic) bond motifs is 1. The molecule has 0 amide bonds. The first-order valence-electron chi connectivity index (χ1n) is 9.25. The fourth-order valence-corrected chi connectivity index (χ4v) is 3.24. The van der Waals surface area contributed by atoms with Crippen molar-refractivity contribution in [3.05, 3.63) is 23.9 Å². The molecule has 2 rings (SSSR count). The SMILES string of the molecule is CCCCN(CCCC)CCC1CN(C)C(=S)c2cccnc2O1. The monoisotopic (exact) mass is 349 g/mol. The zero-order valence-corrected chi connectivity index (χ0v) is 16.1. The molecule has 0 spiro atoms. The van der Waals surface area contributed by atoms with Gasteiger partial charge >= 0.3 is 0 Å². The van der Waals surface area contributed by atoms with Gasteiger partial charge in [0.15, 0.2) is 0 Å². The van der Waals surface area contributed by atoms with Gasteiger partial charge in [0.25, 0.3) is 0 Å². The molecule has 5 heteroatoms. The maximum Gasteiger partial charge on any atom is 0.224 e. The Balaban J connectivity index is 1.97. The third-order valence-corrected chi connectivity index (χ3v) is 5.06. The molecule has 1 aromatic rings. The maximum atomic E-state index is 6.19. The van der Waals surface area contributed by atoms with E-state index in [1.54, 1.807) is 6.20 Å². The van der Waals surface area contributed by atoms with E-state index in [9.17, 15) is 0 Å². The van der Waals surface area contributed by atoms with Crippen molar-refractivity contribution >= 4 is 17.2 Å². The van der Waals surface area contributed by atoms with Crippen molar-refractivity contribution in [2.45, 2.75) is 52.1 Å². The number of ether oxygens (including phenoxy) is 1. The van der Waals surface area contributed by atoms with E-state index in [0.29, 0.717) is 5.88 Å². The van der Waals surface area contributed by atoms with Gasteiger partial charge in [0.05, 0.1) is 12.1 Å². The number of unbranched alkanes of at least 4 members (excludes halogenated alkanes) is 2. The second kappa shape index (κ2) is 9.94. The van der Waals surface area contributed by atoms with Crippen LogP contribution < -0.4 is 4.74 Å². The molecule has 1 aliphatic heterocycles. The van der Waals surface area contributed by atoms with Crippen LogP contribution in [0.2, 0.25) is 0 Å². The van der Waals surface area contributed by atoms with E-state index in [-0.39, 0.29) is 6.10 Å². The van der Waals surface area contributed by atoms with Gasteiger partial charge in [-0.2, -0.15) is 0 Å². The second-order valence-corrected chi connectivity index (χ2v) is 7.01. The molecule has 2 heterocycles. The van der Waals surface area contributed by atoms with Crippen molar-refractivity contribution < 1.29 is 4.74 Å². The van der Waals surface area contributed by atoms with E-state index in [1.807, 2.05) is 19.2 Å². The Morgan fingerprint density at radius 2 is 1.96 bits per heavy atom. The number of likely N-dealkylation sites (N-methyl/N-ethyl adjacent to an activating group) is 1. The van der Waals surface area contributed by atoms with Gasteiger partial charge in [0.1, 0.15) is 11.1 Å². The zero-order chi connectivity index (χ0) is 17.4. The molecule has 134 valence electrons. The molecule has 0 bridgehead atoms. The number of nitrogens with zero attached hydrogens (tertiary/aromatic N) is 3. The lowest BCUT2D eigenvalue weighted by atomic mass is 10.2. The highest BCUT2D eigenvalue weighted by Crippen LogP contribution is 2.23. The molecule has 0 aromatic carbocycles. The summed E-state index contributed by atoms with van der Waals surface area (Å²) in [5, 5.41) is 0. The number of hydrogen-bond acceptors (Lipinski definition) is 4. The first kappa shape index (κ1) is 19.1. The molecule has 1 aliphatic rings. The Labute approximate surface area is 152 Å². The van der Waals surface area contributed by atoms with Crippen LogP contribution in [0.4, 0.5) is 0 Å². The van der Waals surface area contributed by atoms with E-state index in [2.05, 4.69) is 28.6 Å². The number of thiocarbonyl (C=S) groups is 1. The van der Waals surface area contributed by atoms with Crippen LogP contribution >= 0.6 is 12.2 Å². The lowest BCUT2D eigenvalue weighted by Crippen LogP contribution is -2.37. The predicted octanol–water partition coefficient (Wildman–Crippen LogP) is 3.74. The highest BCUT2D eigenvalue weighted by Gasteiger charge is 2.25. The molecule has 0 aliphatic carbocycles. The maximum absolute atomic E-state index is 6.19. The Morgan fingerprint density at radius 1 is 1.25 bits per heavy atom. The summed E-state index contributed by atoms with van der Waals surface area (Å²) in [6, 6.07) is 3.91. The summed E-state index contributed by atoms with van der Waals surface area (Å²) >= 11 is 5.57. The first-order chi connectivity index (χ1) is 11.7. The summed E-state index contributed by atoms with van der Waals surface area (Å²) in [6.45, 7) is 8.78. The largest absolute Gasteiger partial charge is 0.472 e. The quantitative estimate of drug-likeness (QED) is 0.633. The van der Waals surface area contributed by atoms with E-state index < -0.39 is 0 Å². The molecule has 0 saturated carbocycles. The van der Waals surface area contributed by atoms with Gasteiger partial charge in [0, 0.05) is 19.8 Å². The minimum absolute atomic E-state index is 0.134. The summed E-state index contributed by atoms with van der Waals surface area (Å²) < 4.78 is 6.19. The number of hydrogen-bond donors (Lipinski definition) is 0. The third kappa shape index (κ3) is 5.42. The van der Waals surface area contributed by atoms with Crippen LogP contribution in [0.1, 0.15) is 51.5 Å². The van der Waals surface area contributed by atoms with Crippen molar-refractivity contribution in [2.24, 2.45) is 0 Å². The number of rotatable bonds is 9. The van der Waals surface area contributed by atoms with Crippen LogP contribution in [0, 0.1) is 0 Å². The minimum atomic E-state index is 0.134. The van der Waals surface area contributed by atoms with Crippen LogP contribution in [0.3, 0.4) is 0 Å². The number of aromatic nitrogens is 1. The van der Waals surface area contributed by atoms with Crippen LogP contribution in [0.15, 0.2) is 18.3 Å². The van der Waals surface area contributed by atoms with Crippen molar-refractivity contribution in [2.75, 3.05) is 33.2 Å². The topological polar surface area (TPSA) is 28.6 Å². The van der Waals surface area contributed by atoms with E-state index in [0.717, 1.165) is 30.1 Å². The van der Waals surface area contributed by atoms with E-state index >= 15 is 0 Å². The van der Waals surface area contributed by atoms with Gasteiger partial charge in [-0.15, -0.1) is 0 Å². The molecular formula is C19H31N3OS. The predicted molar refractivity (Wildman–Crippen MR) is 104 cm³/mol. The van der Waals surface area contributed by atoms with Crippen LogP contribution in [-0.2, 0) is 0 Å². The summed E-state index contributed by atoms with van der Waals surface area (Å²) in [4.78, 5) is 9.92. The van der Waals surface area contributed by atoms with Crippen molar-refractivity contribution in [3.8, 4) is 5.88 Å². The van der Waals surface area contributed by atoms with Crippen molar-refractivity contribution in [3.63, 3.8) is 0 Å². The molecule has 24 heavy (non-hydrogen) atoms. The fourth-order valence-electron chi connectivity index (χ4n) is 3.01. The third-order valence-electron chi connectivity index (χ3n) is 4.53. The highest BCUT2D eigenvalue weighted by atomic mass is 32.1. The summed E-state index contributed by atoms with van der Waals surface area (Å²) in [6.07, 6.45) is 7.95. The standard InChI is InChI=1S/C19H31N3OS/c1-4-6-12-22(13-7-5-2)14-10-16-15-21(3)19(24)17-9-8-11-20-18(17)23-16/h8-9,11,16H,4-7,10,12-15H2,1-3H3. The molecule has 1 unspecified atom stereocenters. The number of pyridine rings is 1. The van der Waals surface area contributed by atoms with Gasteiger partial charge in [-0.1, -0.05) is 38.9 Å². The lowest BCUT2D eigenvalue weighted by molar-refractivity contribution is 0.142. The minimum Gasteiger partial charge on any atom is -0.472 e. The van der Waals surface area contributed by atoms with Crippen LogP contribution in [0.25, 0.3) is 0 Å². The zero-order valence-electron chi connectivity index (χ0n) is 15.3. The molecule has 4 nitrogen and oxygen atoms in total. The van der Waals surface area contributed by atoms with Gasteiger partial charge in [0.2, 0.25) is 5.88 Å². The van der Waals surface area contributed by atoms with Gasteiger partial charge in [-0.3, -0.25) is 0 Å². The second-order valence-electron chi connectivity index (χ2n) is 6.62. The molecule has 1 atom stereocenters. The Morgan fingerprint density at radius 3 is 2.62 bits per heavy atom. The van der Waals surface area contributed by atoms with Gasteiger partial charge in [-0.25, -0.2) is 4.98 Å². The van der Waals surface area contributed by atoms with Gasteiger partial charge in [-0.05, 0) is 44.5 Å². The lowest BCUT2D eigenvalue weighted by Gasteiger charge is -2.26.